The van der Waals surface area contributed by atoms with E-state index in [1.807, 2.05) is 30.4 Å². The van der Waals surface area contributed by atoms with Gasteiger partial charge in [-0.1, -0.05) is 12.2 Å². The fraction of sp³-hybridized carbons (Fsp3) is 0.267. The number of ether oxygens (including phenoxy) is 1. The first kappa shape index (κ1) is 13.4. The molecule has 4 heteroatoms. The third-order valence-electron chi connectivity index (χ3n) is 2.89. The van der Waals surface area contributed by atoms with Crippen molar-refractivity contribution in [3.8, 4) is 5.75 Å². The van der Waals surface area contributed by atoms with Crippen LogP contribution >= 0.6 is 0 Å². The van der Waals surface area contributed by atoms with E-state index >= 15 is 0 Å². The van der Waals surface area contributed by atoms with E-state index in [2.05, 4.69) is 28.0 Å². The predicted molar refractivity (Wildman–Crippen MR) is 78.3 cm³/mol. The minimum atomic E-state index is 0.745. The van der Waals surface area contributed by atoms with Gasteiger partial charge in [-0.3, -0.25) is 4.90 Å². The van der Waals surface area contributed by atoms with Gasteiger partial charge in [0, 0.05) is 19.2 Å². The second-order valence-electron chi connectivity index (χ2n) is 4.34. The number of imidazole rings is 1. The summed E-state index contributed by atoms with van der Waals surface area (Å²) < 4.78 is 5.21. The highest BCUT2D eigenvalue weighted by atomic mass is 16.5. The molecule has 1 N–H and O–H groups in total. The van der Waals surface area contributed by atoms with E-state index in [1.54, 1.807) is 7.11 Å². The molecule has 1 aromatic carbocycles. The van der Waals surface area contributed by atoms with Crippen LogP contribution in [0.3, 0.4) is 0 Å². The maximum Gasteiger partial charge on any atom is 0.121 e. The molecule has 1 aromatic heterocycles. The molecule has 0 saturated carbocycles. The van der Waals surface area contributed by atoms with Gasteiger partial charge < -0.3 is 9.72 Å². The number of rotatable bonds is 7. The molecule has 0 radical (unpaired) electrons. The fourth-order valence-corrected chi connectivity index (χ4v) is 2.02. The van der Waals surface area contributed by atoms with E-state index < -0.39 is 0 Å². The molecule has 0 spiro atoms. The molecule has 2 rings (SSSR count). The number of nitrogens with one attached hydrogen (secondary N) is 1. The lowest BCUT2D eigenvalue weighted by molar-refractivity contribution is 0.320. The molecule has 0 aliphatic rings. The highest BCUT2D eigenvalue weighted by Crippen LogP contribution is 2.19. The Morgan fingerprint density at radius 3 is 2.68 bits per heavy atom. The van der Waals surface area contributed by atoms with Gasteiger partial charge in [0.1, 0.15) is 11.6 Å². The molecular formula is C15H19N3O. The highest BCUT2D eigenvalue weighted by molar-refractivity contribution is 5.76. The van der Waals surface area contributed by atoms with Crippen molar-refractivity contribution in [1.82, 2.24) is 14.9 Å². The summed E-state index contributed by atoms with van der Waals surface area (Å²) in [7, 11) is 1.66. The van der Waals surface area contributed by atoms with E-state index in [0.29, 0.717) is 0 Å². The third-order valence-corrected chi connectivity index (χ3v) is 2.89. The Hall–Kier alpha value is -2.07. The van der Waals surface area contributed by atoms with Crippen LogP contribution in [0, 0.1) is 0 Å². The molecule has 4 nitrogen and oxygen atoms in total. The summed E-state index contributed by atoms with van der Waals surface area (Å²) >= 11 is 0. The first-order valence-corrected chi connectivity index (χ1v) is 6.23. The lowest BCUT2D eigenvalue weighted by Gasteiger charge is -2.16. The summed E-state index contributed by atoms with van der Waals surface area (Å²) in [6.45, 7) is 9.90. The van der Waals surface area contributed by atoms with Gasteiger partial charge >= 0.3 is 0 Å². The van der Waals surface area contributed by atoms with Crippen LogP contribution in [0.5, 0.6) is 5.75 Å². The zero-order valence-corrected chi connectivity index (χ0v) is 11.2. The maximum atomic E-state index is 5.21. The van der Waals surface area contributed by atoms with Crippen LogP contribution in [0.15, 0.2) is 43.5 Å². The van der Waals surface area contributed by atoms with Crippen molar-refractivity contribution in [3.05, 3.63) is 49.3 Å². The molecule has 2 aromatic rings. The molecule has 19 heavy (non-hydrogen) atoms. The lowest BCUT2D eigenvalue weighted by atomic mass is 10.3. The van der Waals surface area contributed by atoms with Crippen molar-refractivity contribution >= 4 is 11.0 Å². The number of benzene rings is 1. The van der Waals surface area contributed by atoms with Crippen molar-refractivity contribution in [1.29, 1.82) is 0 Å². The Balaban J connectivity index is 2.19. The SMILES string of the molecule is C=CCN(CC=C)Cc1nc2ccc(OC)cc2[nH]1. The summed E-state index contributed by atoms with van der Waals surface area (Å²) in [6.07, 6.45) is 3.77. The van der Waals surface area contributed by atoms with E-state index in [-0.39, 0.29) is 0 Å². The highest BCUT2D eigenvalue weighted by Gasteiger charge is 2.07. The zero-order chi connectivity index (χ0) is 13.7. The Kier molecular flexibility index (Phi) is 4.36. The quantitative estimate of drug-likeness (QED) is 0.775. The molecule has 0 amide bonds. The molecule has 0 aliphatic carbocycles. The molecule has 0 unspecified atom stereocenters. The zero-order valence-electron chi connectivity index (χ0n) is 11.2. The smallest absolute Gasteiger partial charge is 0.121 e. The summed E-state index contributed by atoms with van der Waals surface area (Å²) in [5, 5.41) is 0. The number of fused-ring (bicyclic) bond motifs is 1. The summed E-state index contributed by atoms with van der Waals surface area (Å²) in [5.41, 5.74) is 1.94. The average molecular weight is 257 g/mol. The number of hydrogen-bond donors (Lipinski definition) is 1. The van der Waals surface area contributed by atoms with Gasteiger partial charge in [0.2, 0.25) is 0 Å². The predicted octanol–water partition coefficient (Wildman–Crippen LogP) is 2.75. The molecule has 0 fully saturated rings. The number of methoxy groups -OCH3 is 1. The Morgan fingerprint density at radius 2 is 2.05 bits per heavy atom. The molecule has 0 saturated heterocycles. The number of H-pyrrole nitrogens is 1. The summed E-state index contributed by atoms with van der Waals surface area (Å²) in [6, 6.07) is 5.83. The maximum absolute atomic E-state index is 5.21. The van der Waals surface area contributed by atoms with E-state index in [9.17, 15) is 0 Å². The first-order valence-electron chi connectivity index (χ1n) is 6.23. The number of hydrogen-bond acceptors (Lipinski definition) is 3. The van der Waals surface area contributed by atoms with Crippen molar-refractivity contribution in [2.75, 3.05) is 20.2 Å². The van der Waals surface area contributed by atoms with Crippen molar-refractivity contribution in [3.63, 3.8) is 0 Å². The van der Waals surface area contributed by atoms with Crippen molar-refractivity contribution in [2.45, 2.75) is 6.54 Å². The van der Waals surface area contributed by atoms with Crippen LogP contribution < -0.4 is 4.74 Å². The second kappa shape index (κ2) is 6.20. The van der Waals surface area contributed by atoms with Gasteiger partial charge in [0.25, 0.3) is 0 Å². The fourth-order valence-electron chi connectivity index (χ4n) is 2.02. The number of aromatic amines is 1. The van der Waals surface area contributed by atoms with Gasteiger partial charge in [-0.25, -0.2) is 4.98 Å². The molecule has 0 bridgehead atoms. The van der Waals surface area contributed by atoms with Crippen LogP contribution in [-0.4, -0.2) is 35.1 Å². The van der Waals surface area contributed by atoms with E-state index in [1.165, 1.54) is 0 Å². The molecule has 0 atom stereocenters. The topological polar surface area (TPSA) is 41.2 Å². The minimum Gasteiger partial charge on any atom is -0.497 e. The summed E-state index contributed by atoms with van der Waals surface area (Å²) in [4.78, 5) is 10.1. The molecular weight excluding hydrogens is 238 g/mol. The van der Waals surface area contributed by atoms with Gasteiger partial charge in [-0.15, -0.1) is 13.2 Å². The van der Waals surface area contributed by atoms with E-state index in [0.717, 1.165) is 42.2 Å². The Labute approximate surface area is 113 Å². The molecule has 0 aliphatic heterocycles. The largest absolute Gasteiger partial charge is 0.497 e. The lowest BCUT2D eigenvalue weighted by Crippen LogP contribution is -2.23. The van der Waals surface area contributed by atoms with E-state index in [4.69, 9.17) is 4.74 Å². The summed E-state index contributed by atoms with van der Waals surface area (Å²) in [5.74, 6) is 1.77. The Bertz CT molecular complexity index is 564. The standard InChI is InChI=1S/C15H19N3O/c1-4-8-18(9-5-2)11-15-16-13-7-6-12(19-3)10-14(13)17-15/h4-7,10H,1-2,8-9,11H2,3H3,(H,16,17). The third kappa shape index (κ3) is 3.23. The van der Waals surface area contributed by atoms with Crippen LogP contribution in [0.4, 0.5) is 0 Å². The average Bonchev–Trinajstić information content (AvgIpc) is 2.80. The van der Waals surface area contributed by atoms with Gasteiger partial charge in [0.15, 0.2) is 0 Å². The molecule has 100 valence electrons. The Morgan fingerprint density at radius 1 is 1.32 bits per heavy atom. The number of aromatic nitrogens is 2. The van der Waals surface area contributed by atoms with Gasteiger partial charge in [-0.05, 0) is 12.1 Å². The number of nitrogens with zero attached hydrogens (tertiary/aromatic N) is 2. The normalized spacial score (nSPS) is 10.8. The van der Waals surface area contributed by atoms with Crippen LogP contribution in [0.2, 0.25) is 0 Å². The minimum absolute atomic E-state index is 0.745. The second-order valence-corrected chi connectivity index (χ2v) is 4.34. The van der Waals surface area contributed by atoms with Crippen LogP contribution in [0.1, 0.15) is 5.82 Å². The molecule has 1 heterocycles. The first-order chi connectivity index (χ1) is 9.26. The monoisotopic (exact) mass is 257 g/mol. The van der Waals surface area contributed by atoms with Crippen LogP contribution in [-0.2, 0) is 6.54 Å². The van der Waals surface area contributed by atoms with Crippen molar-refractivity contribution in [2.24, 2.45) is 0 Å². The van der Waals surface area contributed by atoms with Crippen molar-refractivity contribution < 1.29 is 4.74 Å². The van der Waals surface area contributed by atoms with Gasteiger partial charge in [-0.2, -0.15) is 0 Å². The van der Waals surface area contributed by atoms with Gasteiger partial charge in [0.05, 0.1) is 24.7 Å². The van der Waals surface area contributed by atoms with Crippen LogP contribution in [0.25, 0.3) is 11.0 Å².